The monoisotopic (exact) mass is 364 g/mol. The molecule has 0 aliphatic heterocycles. The Hall–Kier alpha value is -2.82. The number of carbonyl (C=O) groups is 4. The lowest BCUT2D eigenvalue weighted by molar-refractivity contribution is -0.135. The van der Waals surface area contributed by atoms with Crippen LogP contribution in [0.3, 0.4) is 0 Å². The number of ketones is 1. The molecule has 0 unspecified atom stereocenters. The summed E-state index contributed by atoms with van der Waals surface area (Å²) in [5, 5.41) is 48.6. The first-order valence-corrected chi connectivity index (χ1v) is 6.34. The number of hydrogen-bond donors (Lipinski definition) is 6. The average Bonchev–Trinajstić information content (AvgIpc) is 2.58. The molecule has 0 aliphatic rings. The highest BCUT2D eigenvalue weighted by molar-refractivity contribution is 5.82. The van der Waals surface area contributed by atoms with Crippen molar-refractivity contribution in [2.75, 3.05) is 19.8 Å². The maximum atomic E-state index is 10.7. The van der Waals surface area contributed by atoms with Gasteiger partial charge in [0, 0.05) is 18.2 Å². The minimum atomic E-state index is -1.35. The quantitative estimate of drug-likeness (QED) is 0.315. The number of rotatable bonds is 7. The van der Waals surface area contributed by atoms with E-state index in [-0.39, 0.29) is 0 Å². The highest BCUT2D eigenvalue weighted by Gasteiger charge is 2.33. The molecule has 0 rings (SSSR count). The summed E-state index contributed by atoms with van der Waals surface area (Å²) in [5.74, 6) is -3.35. The van der Waals surface area contributed by atoms with E-state index in [0.29, 0.717) is 0 Å². The van der Waals surface area contributed by atoms with E-state index >= 15 is 0 Å². The maximum absolute atomic E-state index is 10.7. The molecule has 0 radical (unpaired) electrons. The normalized spacial score (nSPS) is 8.48. The molecule has 10 heteroatoms. The van der Waals surface area contributed by atoms with Crippen molar-refractivity contribution in [1.82, 2.24) is 0 Å². The Morgan fingerprint density at radius 2 is 0.880 bits per heavy atom. The first-order chi connectivity index (χ1) is 11.4. The van der Waals surface area contributed by atoms with E-state index in [9.17, 15) is 19.2 Å². The van der Waals surface area contributed by atoms with Gasteiger partial charge >= 0.3 is 17.9 Å². The molecule has 0 atom stereocenters. The molecule has 10 nitrogen and oxygen atoms in total. The van der Waals surface area contributed by atoms with Crippen molar-refractivity contribution in [2.24, 2.45) is 5.41 Å². The summed E-state index contributed by atoms with van der Waals surface area (Å²) in [4.78, 5) is 38.4. The lowest BCUT2D eigenvalue weighted by Gasteiger charge is -2.23. The summed E-state index contributed by atoms with van der Waals surface area (Å²) < 4.78 is 0. The minimum absolute atomic E-state index is 0.403. The SMILES string of the molecule is C=CC(=O)O.C=CC(=O)O.C=CC(=O)O.CC(=O)C(CO)(CO)CO. The number of carboxylic acids is 3. The van der Waals surface area contributed by atoms with Gasteiger partial charge in [0.05, 0.1) is 25.2 Å². The highest BCUT2D eigenvalue weighted by atomic mass is 16.4. The Balaban J connectivity index is -0.000000126. The molecule has 0 aliphatic carbocycles. The van der Waals surface area contributed by atoms with Crippen LogP contribution >= 0.6 is 0 Å². The molecule has 0 spiro atoms. The predicted molar refractivity (Wildman–Crippen MR) is 87.9 cm³/mol. The molecular weight excluding hydrogens is 340 g/mol. The van der Waals surface area contributed by atoms with Gasteiger partial charge in [-0.3, -0.25) is 4.79 Å². The van der Waals surface area contributed by atoms with Gasteiger partial charge in [-0.2, -0.15) is 0 Å². The molecule has 0 bridgehead atoms. The Morgan fingerprint density at radius 3 is 0.880 bits per heavy atom. The molecule has 0 aromatic carbocycles. The van der Waals surface area contributed by atoms with Crippen LogP contribution < -0.4 is 0 Å². The molecule has 0 saturated heterocycles. The van der Waals surface area contributed by atoms with E-state index in [4.69, 9.17) is 30.6 Å². The smallest absolute Gasteiger partial charge is 0.327 e. The van der Waals surface area contributed by atoms with E-state index in [0.717, 1.165) is 18.2 Å². The summed E-state index contributed by atoms with van der Waals surface area (Å²) in [5.41, 5.74) is -1.35. The molecule has 0 aromatic heterocycles. The Morgan fingerprint density at radius 1 is 0.720 bits per heavy atom. The number of hydrogen-bond acceptors (Lipinski definition) is 7. The van der Waals surface area contributed by atoms with E-state index < -0.39 is 48.9 Å². The second kappa shape index (κ2) is 19.2. The zero-order valence-electron chi connectivity index (χ0n) is 13.8. The van der Waals surface area contributed by atoms with E-state index in [1.165, 1.54) is 6.92 Å². The summed E-state index contributed by atoms with van der Waals surface area (Å²) in [6, 6.07) is 0. The van der Waals surface area contributed by atoms with Crippen LogP contribution in [0, 0.1) is 5.41 Å². The molecule has 144 valence electrons. The van der Waals surface area contributed by atoms with E-state index in [1.54, 1.807) is 0 Å². The van der Waals surface area contributed by atoms with Crippen molar-refractivity contribution in [3.05, 3.63) is 38.0 Å². The standard InChI is InChI=1S/C6H12O4.3C3H4O2/c1-5(10)6(2-7,3-8)4-9;3*1-2-3(4)5/h7-9H,2-4H2,1H3;3*2H,1H2,(H,4,5). The molecule has 0 fully saturated rings. The number of aliphatic hydroxyl groups is 3. The topological polar surface area (TPSA) is 190 Å². The Bertz CT molecular complexity index is 398. The highest BCUT2D eigenvalue weighted by Crippen LogP contribution is 2.15. The number of aliphatic hydroxyl groups excluding tert-OH is 3. The van der Waals surface area contributed by atoms with Crippen LogP contribution in [0.4, 0.5) is 0 Å². The molecular formula is C15H24O10. The first kappa shape index (κ1) is 30.1. The first-order valence-electron chi connectivity index (χ1n) is 6.34. The summed E-state index contributed by atoms with van der Waals surface area (Å²) in [7, 11) is 0. The van der Waals surface area contributed by atoms with E-state index in [2.05, 4.69) is 19.7 Å². The largest absolute Gasteiger partial charge is 0.478 e. The maximum Gasteiger partial charge on any atom is 0.327 e. The number of carboxylic acid groups (broad SMARTS) is 3. The lowest BCUT2D eigenvalue weighted by atomic mass is 9.87. The molecule has 0 aromatic rings. The number of aliphatic carboxylic acids is 3. The third-order valence-electron chi connectivity index (χ3n) is 2.18. The van der Waals surface area contributed by atoms with Crippen LogP contribution in [0.5, 0.6) is 0 Å². The van der Waals surface area contributed by atoms with Crippen molar-refractivity contribution in [3.63, 3.8) is 0 Å². The number of carbonyl (C=O) groups excluding carboxylic acids is 1. The molecule has 0 saturated carbocycles. The van der Waals surface area contributed by atoms with Crippen molar-refractivity contribution < 1.29 is 49.8 Å². The van der Waals surface area contributed by atoms with Crippen LogP contribution in [0.1, 0.15) is 6.92 Å². The summed E-state index contributed by atoms with van der Waals surface area (Å²) in [6.07, 6.45) is 2.50. The second-order valence-corrected chi connectivity index (χ2v) is 3.94. The molecule has 25 heavy (non-hydrogen) atoms. The van der Waals surface area contributed by atoms with Gasteiger partial charge in [0.15, 0.2) is 0 Å². The average molecular weight is 364 g/mol. The fourth-order valence-corrected chi connectivity index (χ4v) is 0.484. The molecule has 0 amide bonds. The van der Waals surface area contributed by atoms with Crippen LogP contribution in [-0.4, -0.2) is 74.2 Å². The Kier molecular flexibility index (Phi) is 23.2. The summed E-state index contributed by atoms with van der Waals surface area (Å²) >= 11 is 0. The van der Waals surface area contributed by atoms with Crippen LogP contribution in [0.2, 0.25) is 0 Å². The van der Waals surface area contributed by atoms with Gasteiger partial charge in [-0.15, -0.1) is 0 Å². The molecule has 6 N–H and O–H groups in total. The van der Waals surface area contributed by atoms with E-state index in [1.807, 2.05) is 0 Å². The van der Waals surface area contributed by atoms with Gasteiger partial charge in [0.25, 0.3) is 0 Å². The van der Waals surface area contributed by atoms with Gasteiger partial charge < -0.3 is 30.6 Å². The van der Waals surface area contributed by atoms with Crippen molar-refractivity contribution in [3.8, 4) is 0 Å². The summed E-state index contributed by atoms with van der Waals surface area (Å²) in [6.45, 7) is 8.55. The zero-order chi connectivity index (χ0) is 21.1. The fraction of sp³-hybridized carbons (Fsp3) is 0.333. The predicted octanol–water partition coefficient (Wildman–Crippen LogP) is -0.690. The van der Waals surface area contributed by atoms with Crippen LogP contribution in [-0.2, 0) is 19.2 Å². The lowest BCUT2D eigenvalue weighted by Crippen LogP contribution is -2.40. The van der Waals surface area contributed by atoms with Gasteiger partial charge in [0.1, 0.15) is 5.78 Å². The molecule has 0 heterocycles. The third-order valence-corrected chi connectivity index (χ3v) is 2.18. The number of Topliss-reactive ketones (excluding diaryl/α,β-unsaturated/α-hetero) is 1. The van der Waals surface area contributed by atoms with Gasteiger partial charge in [-0.25, -0.2) is 14.4 Å². The van der Waals surface area contributed by atoms with Crippen LogP contribution in [0.25, 0.3) is 0 Å². The van der Waals surface area contributed by atoms with Crippen molar-refractivity contribution in [2.45, 2.75) is 6.92 Å². The van der Waals surface area contributed by atoms with Crippen molar-refractivity contribution >= 4 is 23.7 Å². The van der Waals surface area contributed by atoms with Gasteiger partial charge in [-0.1, -0.05) is 19.7 Å². The van der Waals surface area contributed by atoms with Crippen molar-refractivity contribution in [1.29, 1.82) is 0 Å². The second-order valence-electron chi connectivity index (χ2n) is 3.94. The third kappa shape index (κ3) is 23.6. The fourth-order valence-electron chi connectivity index (χ4n) is 0.484. The van der Waals surface area contributed by atoms with Gasteiger partial charge in [-0.05, 0) is 6.92 Å². The van der Waals surface area contributed by atoms with Gasteiger partial charge in [0.2, 0.25) is 0 Å². The minimum Gasteiger partial charge on any atom is -0.478 e. The zero-order valence-corrected chi connectivity index (χ0v) is 13.8. The Labute approximate surface area is 144 Å². The van der Waals surface area contributed by atoms with Crippen LogP contribution in [0.15, 0.2) is 38.0 Å².